The normalized spacial score (nSPS) is 9.71. The first-order chi connectivity index (χ1) is 8.24. The first kappa shape index (κ1) is 11.4. The van der Waals surface area contributed by atoms with Gasteiger partial charge >= 0.3 is 7.12 Å². The van der Waals surface area contributed by atoms with Crippen molar-refractivity contribution in [3.8, 4) is 17.2 Å². The highest BCUT2D eigenvalue weighted by Crippen LogP contribution is 2.21. The van der Waals surface area contributed by atoms with Crippen LogP contribution in [0.2, 0.25) is 0 Å². The minimum Gasteiger partial charge on any atom is -0.423 e. The summed E-state index contributed by atoms with van der Waals surface area (Å²) in [6, 6.07) is 16.5. The molecule has 2 aromatic carbocycles. The molecule has 0 heterocycles. The number of benzene rings is 2. The van der Waals surface area contributed by atoms with Crippen molar-refractivity contribution in [1.29, 1.82) is 5.26 Å². The highest BCUT2D eigenvalue weighted by atomic mass is 16.4. The first-order valence-corrected chi connectivity index (χ1v) is 5.18. The standard InChI is InChI=1S/C13H10BNO2/c15-9-12-11(10-5-2-1-3-6-10)7-4-8-13(12)14(16)17/h1-8,16-17H. The molecular weight excluding hydrogens is 213 g/mol. The zero-order chi connectivity index (χ0) is 12.3. The highest BCUT2D eigenvalue weighted by Gasteiger charge is 2.18. The molecule has 82 valence electrons. The second-order valence-electron chi connectivity index (χ2n) is 3.62. The average molecular weight is 223 g/mol. The van der Waals surface area contributed by atoms with Crippen molar-refractivity contribution in [2.75, 3.05) is 0 Å². The van der Waals surface area contributed by atoms with Gasteiger partial charge in [0.05, 0.1) is 11.6 Å². The van der Waals surface area contributed by atoms with Crippen molar-refractivity contribution in [2.24, 2.45) is 0 Å². The van der Waals surface area contributed by atoms with Crippen LogP contribution in [0.15, 0.2) is 48.5 Å². The van der Waals surface area contributed by atoms with Gasteiger partial charge in [-0.25, -0.2) is 0 Å². The van der Waals surface area contributed by atoms with Crippen molar-refractivity contribution < 1.29 is 10.0 Å². The molecule has 0 radical (unpaired) electrons. The second-order valence-corrected chi connectivity index (χ2v) is 3.62. The van der Waals surface area contributed by atoms with E-state index in [1.165, 1.54) is 6.07 Å². The Morgan fingerprint density at radius 2 is 1.65 bits per heavy atom. The summed E-state index contributed by atoms with van der Waals surface area (Å²) in [6.45, 7) is 0. The third kappa shape index (κ3) is 2.21. The molecule has 0 bridgehead atoms. The van der Waals surface area contributed by atoms with Crippen molar-refractivity contribution in [2.45, 2.75) is 0 Å². The van der Waals surface area contributed by atoms with Crippen LogP contribution in [-0.4, -0.2) is 17.2 Å². The topological polar surface area (TPSA) is 64.2 Å². The summed E-state index contributed by atoms with van der Waals surface area (Å²) in [5, 5.41) is 27.6. The summed E-state index contributed by atoms with van der Waals surface area (Å²) in [7, 11) is -1.63. The summed E-state index contributed by atoms with van der Waals surface area (Å²) in [6.07, 6.45) is 0. The molecule has 0 aliphatic carbocycles. The predicted octanol–water partition coefficient (Wildman–Crippen LogP) is 0.905. The van der Waals surface area contributed by atoms with Gasteiger partial charge in [0.2, 0.25) is 0 Å². The summed E-state index contributed by atoms with van der Waals surface area (Å²) in [4.78, 5) is 0. The van der Waals surface area contributed by atoms with Gasteiger partial charge in [0.15, 0.2) is 0 Å². The maximum absolute atomic E-state index is 9.21. The lowest BCUT2D eigenvalue weighted by molar-refractivity contribution is 0.425. The zero-order valence-electron chi connectivity index (χ0n) is 9.04. The molecule has 0 saturated heterocycles. The van der Waals surface area contributed by atoms with E-state index in [9.17, 15) is 10.0 Å². The molecule has 0 unspecified atom stereocenters. The molecule has 2 N–H and O–H groups in total. The van der Waals surface area contributed by atoms with Crippen LogP contribution in [0.1, 0.15) is 5.56 Å². The van der Waals surface area contributed by atoms with E-state index < -0.39 is 7.12 Å². The number of rotatable bonds is 2. The summed E-state index contributed by atoms with van der Waals surface area (Å²) < 4.78 is 0. The molecule has 0 aliphatic heterocycles. The third-order valence-corrected chi connectivity index (χ3v) is 2.57. The lowest BCUT2D eigenvalue weighted by Gasteiger charge is -2.08. The molecule has 0 amide bonds. The molecule has 17 heavy (non-hydrogen) atoms. The Hall–Kier alpha value is -2.09. The lowest BCUT2D eigenvalue weighted by Crippen LogP contribution is -2.32. The maximum atomic E-state index is 9.21. The Kier molecular flexibility index (Phi) is 3.24. The molecule has 3 nitrogen and oxygen atoms in total. The van der Waals surface area contributed by atoms with Crippen LogP contribution in [0.5, 0.6) is 0 Å². The average Bonchev–Trinajstić information content (AvgIpc) is 2.38. The zero-order valence-corrected chi connectivity index (χ0v) is 9.04. The Morgan fingerprint density at radius 1 is 0.941 bits per heavy atom. The van der Waals surface area contributed by atoms with E-state index in [1.807, 2.05) is 36.4 Å². The van der Waals surface area contributed by atoms with Crippen LogP contribution >= 0.6 is 0 Å². The van der Waals surface area contributed by atoms with E-state index in [-0.39, 0.29) is 5.46 Å². The fraction of sp³-hybridized carbons (Fsp3) is 0. The van der Waals surface area contributed by atoms with Crippen molar-refractivity contribution in [1.82, 2.24) is 0 Å². The molecule has 0 aromatic heterocycles. The molecule has 0 aliphatic rings. The highest BCUT2D eigenvalue weighted by molar-refractivity contribution is 6.59. The van der Waals surface area contributed by atoms with Gasteiger partial charge in [-0.05, 0) is 11.1 Å². The second kappa shape index (κ2) is 4.83. The summed E-state index contributed by atoms with van der Waals surface area (Å²) in [5.41, 5.74) is 2.12. The van der Waals surface area contributed by atoms with Crippen LogP contribution in [0.3, 0.4) is 0 Å². The predicted molar refractivity (Wildman–Crippen MR) is 66.4 cm³/mol. The quantitative estimate of drug-likeness (QED) is 0.743. The van der Waals surface area contributed by atoms with Crippen molar-refractivity contribution in [3.05, 3.63) is 54.1 Å². The van der Waals surface area contributed by atoms with Gasteiger partial charge in [0.1, 0.15) is 0 Å². The van der Waals surface area contributed by atoms with Crippen LogP contribution < -0.4 is 5.46 Å². The monoisotopic (exact) mass is 223 g/mol. The minimum atomic E-state index is -1.63. The van der Waals surface area contributed by atoms with Crippen LogP contribution in [-0.2, 0) is 0 Å². The van der Waals surface area contributed by atoms with Gasteiger partial charge < -0.3 is 10.0 Å². The smallest absolute Gasteiger partial charge is 0.423 e. The molecule has 2 rings (SSSR count). The number of nitrogens with zero attached hydrogens (tertiary/aromatic N) is 1. The summed E-state index contributed by atoms with van der Waals surface area (Å²) >= 11 is 0. The Morgan fingerprint density at radius 3 is 2.24 bits per heavy atom. The first-order valence-electron chi connectivity index (χ1n) is 5.18. The fourth-order valence-corrected chi connectivity index (χ4v) is 1.77. The largest absolute Gasteiger partial charge is 0.489 e. The Labute approximate surface area is 99.7 Å². The van der Waals surface area contributed by atoms with Crippen LogP contribution in [0.4, 0.5) is 0 Å². The molecule has 2 aromatic rings. The van der Waals surface area contributed by atoms with Crippen molar-refractivity contribution >= 4 is 12.6 Å². The third-order valence-electron chi connectivity index (χ3n) is 2.57. The van der Waals surface area contributed by atoms with Gasteiger partial charge in [-0.3, -0.25) is 0 Å². The van der Waals surface area contributed by atoms with E-state index in [1.54, 1.807) is 12.1 Å². The van der Waals surface area contributed by atoms with E-state index in [0.29, 0.717) is 11.1 Å². The van der Waals surface area contributed by atoms with Gasteiger partial charge in [0, 0.05) is 5.46 Å². The molecule has 0 atom stereocenters. The molecule has 0 spiro atoms. The van der Waals surface area contributed by atoms with Gasteiger partial charge in [-0.1, -0.05) is 48.5 Å². The number of hydrogen-bond acceptors (Lipinski definition) is 3. The van der Waals surface area contributed by atoms with E-state index in [2.05, 4.69) is 0 Å². The van der Waals surface area contributed by atoms with Crippen LogP contribution in [0, 0.1) is 11.3 Å². The Bertz CT molecular complexity index is 561. The van der Waals surface area contributed by atoms with E-state index in [4.69, 9.17) is 5.26 Å². The van der Waals surface area contributed by atoms with Gasteiger partial charge in [0.25, 0.3) is 0 Å². The number of nitriles is 1. The van der Waals surface area contributed by atoms with Gasteiger partial charge in [-0.2, -0.15) is 5.26 Å². The maximum Gasteiger partial charge on any atom is 0.489 e. The summed E-state index contributed by atoms with van der Waals surface area (Å²) in [5.74, 6) is 0. The SMILES string of the molecule is N#Cc1c(B(O)O)cccc1-c1ccccc1. The molecule has 0 fully saturated rings. The van der Waals surface area contributed by atoms with E-state index >= 15 is 0 Å². The Balaban J connectivity index is 2.64. The van der Waals surface area contributed by atoms with Gasteiger partial charge in [-0.15, -0.1) is 0 Å². The lowest BCUT2D eigenvalue weighted by atomic mass is 9.75. The minimum absolute atomic E-state index is 0.230. The van der Waals surface area contributed by atoms with Crippen LogP contribution in [0.25, 0.3) is 11.1 Å². The molecule has 0 saturated carbocycles. The van der Waals surface area contributed by atoms with Crippen molar-refractivity contribution in [3.63, 3.8) is 0 Å². The fourth-order valence-electron chi connectivity index (χ4n) is 1.77. The van der Waals surface area contributed by atoms with E-state index in [0.717, 1.165) is 5.56 Å². The molecule has 4 heteroatoms. The number of hydrogen-bond donors (Lipinski definition) is 2. The molecular formula is C13H10BNO2.